The molecule has 4 aliphatic rings. The summed E-state index contributed by atoms with van der Waals surface area (Å²) in [7, 11) is 0. The fourth-order valence-corrected chi connectivity index (χ4v) is 8.69. The Morgan fingerprint density at radius 2 is 1.43 bits per heavy atom. The van der Waals surface area contributed by atoms with Crippen LogP contribution in [-0.4, -0.2) is 104 Å². The van der Waals surface area contributed by atoms with E-state index in [-0.39, 0.29) is 23.3 Å². The molecule has 0 radical (unpaired) electrons. The molecule has 2 bridgehead atoms. The Balaban J connectivity index is 0.000000203. The highest BCUT2D eigenvalue weighted by Gasteiger charge is 2.40. The molecule has 18 heteroatoms. The minimum absolute atomic E-state index is 0.0416. The molecule has 2 aromatic heterocycles. The van der Waals surface area contributed by atoms with Gasteiger partial charge in [-0.2, -0.15) is 0 Å². The van der Waals surface area contributed by atoms with Crippen molar-refractivity contribution in [1.29, 1.82) is 0 Å². The quantitative estimate of drug-likeness (QED) is 0.216. The molecule has 0 spiro atoms. The van der Waals surface area contributed by atoms with E-state index < -0.39 is 11.9 Å². The van der Waals surface area contributed by atoms with Crippen LogP contribution in [-0.2, 0) is 46.9 Å². The normalized spacial score (nSPS) is 20.6. The van der Waals surface area contributed by atoms with E-state index in [0.717, 1.165) is 78.0 Å². The molecule has 268 valence electrons. The third kappa shape index (κ3) is 9.65. The number of hydrogen-bond donors (Lipinski definition) is 2. The van der Waals surface area contributed by atoms with Gasteiger partial charge in [0.15, 0.2) is 10.3 Å². The van der Waals surface area contributed by atoms with Gasteiger partial charge in [0.25, 0.3) is 0 Å². The molecule has 0 aliphatic carbocycles. The zero-order valence-corrected chi connectivity index (χ0v) is 30.2. The summed E-state index contributed by atoms with van der Waals surface area (Å²) in [6, 6.07) is 8.09. The Bertz CT molecular complexity index is 1690. The van der Waals surface area contributed by atoms with Crippen LogP contribution in [0, 0.1) is 5.82 Å². The van der Waals surface area contributed by atoms with Crippen molar-refractivity contribution in [1.82, 2.24) is 33.6 Å². The summed E-state index contributed by atoms with van der Waals surface area (Å²) in [6.45, 7) is 4.60. The molecule has 6 heterocycles. The van der Waals surface area contributed by atoms with Gasteiger partial charge < -0.3 is 14.9 Å². The van der Waals surface area contributed by atoms with E-state index in [0.29, 0.717) is 38.2 Å². The van der Waals surface area contributed by atoms with Crippen LogP contribution in [0.2, 0.25) is 0 Å². The molecule has 2 N–H and O–H groups in total. The van der Waals surface area contributed by atoms with Gasteiger partial charge in [-0.15, -0.1) is 10.2 Å². The maximum absolute atomic E-state index is 13.8. The van der Waals surface area contributed by atoms with Crippen molar-refractivity contribution in [3.63, 3.8) is 0 Å². The van der Waals surface area contributed by atoms with Crippen molar-refractivity contribution < 1.29 is 28.9 Å². The highest BCUT2D eigenvalue weighted by atomic mass is 79.9. The number of fused-ring (bicyclic) bond motifs is 4. The number of aromatic nitrogens is 6. The molecule has 3 aromatic rings. The van der Waals surface area contributed by atoms with E-state index in [1.165, 1.54) is 18.9 Å². The van der Waals surface area contributed by atoms with Gasteiger partial charge >= 0.3 is 23.3 Å². The first-order valence-corrected chi connectivity index (χ1v) is 19.5. The molecule has 0 amide bonds. The molecule has 2 fully saturated rings. The van der Waals surface area contributed by atoms with E-state index >= 15 is 0 Å². The molecule has 14 nitrogen and oxygen atoms in total. The molecule has 2 unspecified atom stereocenters. The van der Waals surface area contributed by atoms with Crippen LogP contribution >= 0.6 is 39.5 Å². The number of carboxylic acids is 2. The summed E-state index contributed by atoms with van der Waals surface area (Å²) in [5.41, 5.74) is 0.817. The summed E-state index contributed by atoms with van der Waals surface area (Å²) in [5, 5.41) is 26.1. The second kappa shape index (κ2) is 17.8. The maximum Gasteiger partial charge on any atom is 0.414 e. The molecule has 1 aromatic carbocycles. The Morgan fingerprint density at radius 3 is 1.94 bits per heavy atom. The molecule has 2 atom stereocenters. The van der Waals surface area contributed by atoms with E-state index in [1.54, 1.807) is 48.1 Å². The van der Waals surface area contributed by atoms with Gasteiger partial charge in [-0.3, -0.25) is 14.0 Å². The highest BCUT2D eigenvalue weighted by Crippen LogP contribution is 2.37. The molecular formula is C31H41BrFN7O7S2. The van der Waals surface area contributed by atoms with Gasteiger partial charge in [0, 0.05) is 61.6 Å². The van der Waals surface area contributed by atoms with E-state index in [9.17, 15) is 14.0 Å². The number of ether oxygens (including phenoxy) is 1. The van der Waals surface area contributed by atoms with E-state index in [2.05, 4.69) is 31.0 Å². The zero-order valence-electron chi connectivity index (χ0n) is 27.0. The first-order valence-electron chi connectivity index (χ1n) is 16.4. The van der Waals surface area contributed by atoms with Crippen molar-refractivity contribution in [2.24, 2.45) is 0 Å². The lowest BCUT2D eigenvalue weighted by molar-refractivity contribution is -0.159. The van der Waals surface area contributed by atoms with Crippen LogP contribution in [0.15, 0.2) is 44.2 Å². The third-order valence-electron chi connectivity index (χ3n) is 8.87. The Labute approximate surface area is 299 Å². The summed E-state index contributed by atoms with van der Waals surface area (Å²) >= 11 is 6.66. The Hall–Kier alpha value is -2.93. The predicted molar refractivity (Wildman–Crippen MR) is 185 cm³/mol. The van der Waals surface area contributed by atoms with Crippen molar-refractivity contribution in [2.45, 2.75) is 99.6 Å². The van der Waals surface area contributed by atoms with E-state index in [4.69, 9.17) is 24.5 Å². The van der Waals surface area contributed by atoms with Crippen molar-refractivity contribution >= 4 is 51.4 Å². The third-order valence-corrected chi connectivity index (χ3v) is 11.3. The number of carbonyl (C=O) groups is 2. The topological polar surface area (TPSA) is 167 Å². The maximum atomic E-state index is 13.8. The van der Waals surface area contributed by atoms with Gasteiger partial charge in [0.2, 0.25) is 0 Å². The van der Waals surface area contributed by atoms with Gasteiger partial charge in [-0.25, -0.2) is 32.9 Å². The van der Waals surface area contributed by atoms with Crippen LogP contribution < -0.4 is 11.4 Å². The summed E-state index contributed by atoms with van der Waals surface area (Å²) < 4.78 is 26.6. The smallest absolute Gasteiger partial charge is 0.414 e. The molecule has 0 saturated carbocycles. The summed E-state index contributed by atoms with van der Waals surface area (Å²) in [4.78, 5) is 44.8. The van der Waals surface area contributed by atoms with Gasteiger partial charge in [0.1, 0.15) is 5.82 Å². The largest absolute Gasteiger partial charge is 0.473 e. The highest BCUT2D eigenvalue weighted by molar-refractivity contribution is 9.09. The van der Waals surface area contributed by atoms with Crippen molar-refractivity contribution in [3.05, 3.63) is 56.6 Å². The van der Waals surface area contributed by atoms with Crippen LogP contribution in [0.4, 0.5) is 4.39 Å². The van der Waals surface area contributed by atoms with E-state index in [1.807, 2.05) is 12.1 Å². The van der Waals surface area contributed by atoms with Crippen LogP contribution in [0.1, 0.15) is 44.1 Å². The van der Waals surface area contributed by atoms with Gasteiger partial charge in [-0.05, 0) is 56.6 Å². The first kappa shape index (κ1) is 37.3. The number of thioether (sulfide) groups is 2. The lowest BCUT2D eigenvalue weighted by Gasteiger charge is -2.38. The summed E-state index contributed by atoms with van der Waals surface area (Å²) in [5.74, 6) is -1.85. The fourth-order valence-electron chi connectivity index (χ4n) is 6.56. The molecule has 7 rings (SSSR count). The monoisotopic (exact) mass is 785 g/mol. The second-order valence-corrected chi connectivity index (χ2v) is 14.9. The number of aryl methyl sites for hydroxylation is 2. The molecule has 2 saturated heterocycles. The number of hydrogen-bond acceptors (Lipinski definition) is 10. The average Bonchev–Trinajstić information content (AvgIpc) is 3.89. The number of alkyl halides is 1. The Kier molecular flexibility index (Phi) is 13.6. The van der Waals surface area contributed by atoms with Crippen LogP contribution in [0.25, 0.3) is 0 Å². The van der Waals surface area contributed by atoms with Crippen molar-refractivity contribution in [3.8, 4) is 0 Å². The molecular weight excluding hydrogens is 745 g/mol. The number of nitrogens with zero attached hydrogens (tertiary/aromatic N) is 7. The first-order chi connectivity index (χ1) is 23.7. The number of benzene rings is 1. The lowest BCUT2D eigenvalue weighted by atomic mass is 9.99. The standard InChI is InChI=1S/C22H29FN4O2S.C7H10BrN3OS.C2H2O4/c23-20-5-2-1-4-16(20)8-12-29-19-14-17-6-7-18(15-19)25(17)9-3-10-27-22(28)26-11-13-30-21(26)24-27;8-2-1-3-11-7(12)10-4-5-13-6(10)9-11;3-1(4)2(5)6/h1-2,4-5,17-19H,3,6-15H2;1-5H2;(H,3,4)(H,5,6). The molecule has 49 heavy (non-hydrogen) atoms. The van der Waals surface area contributed by atoms with Crippen LogP contribution in [0.3, 0.4) is 0 Å². The number of carboxylic acid groups (broad SMARTS) is 2. The van der Waals surface area contributed by atoms with Gasteiger partial charge in [-0.1, -0.05) is 57.7 Å². The number of rotatable bonds is 11. The average molecular weight is 787 g/mol. The zero-order chi connectivity index (χ0) is 34.9. The number of aliphatic carboxylic acids is 2. The van der Waals surface area contributed by atoms with Crippen molar-refractivity contribution in [2.75, 3.05) is 30.0 Å². The lowest BCUT2D eigenvalue weighted by Crippen LogP contribution is -2.46. The number of halogens is 2. The van der Waals surface area contributed by atoms with Crippen LogP contribution in [0.5, 0.6) is 0 Å². The Morgan fingerprint density at radius 1 is 0.878 bits per heavy atom. The van der Waals surface area contributed by atoms with Gasteiger partial charge in [0.05, 0.1) is 12.7 Å². The fraction of sp³-hybridized carbons (Fsp3) is 0.613. The SMILES string of the molecule is O=C(O)C(=O)O.O=c1n(CCCBr)nc2n1CCS2.O=c1n(CCCN2C3CCC2CC(OCCc2ccccc2F)C3)nc2n1CCS2. The minimum atomic E-state index is -1.82. The molecule has 4 aliphatic heterocycles. The summed E-state index contributed by atoms with van der Waals surface area (Å²) in [6.07, 6.45) is 7.38. The number of piperidine rings is 1. The second-order valence-electron chi connectivity index (χ2n) is 12.0. The predicted octanol–water partition coefficient (Wildman–Crippen LogP) is 3.03. The minimum Gasteiger partial charge on any atom is -0.473 e.